The van der Waals surface area contributed by atoms with Gasteiger partial charge in [-0.2, -0.15) is 0 Å². The van der Waals surface area contributed by atoms with E-state index < -0.39 is 0 Å². The predicted molar refractivity (Wildman–Crippen MR) is 105 cm³/mol. The van der Waals surface area contributed by atoms with Gasteiger partial charge in [-0.25, -0.2) is 0 Å². The largest absolute Gasteiger partial charge is 0.293 e. The van der Waals surface area contributed by atoms with Crippen molar-refractivity contribution in [3.05, 3.63) is 35.4 Å². The van der Waals surface area contributed by atoms with Gasteiger partial charge in [0.05, 0.1) is 12.4 Å². The van der Waals surface area contributed by atoms with E-state index in [4.69, 9.17) is 0 Å². The fourth-order valence-corrected chi connectivity index (χ4v) is 4.97. The van der Waals surface area contributed by atoms with E-state index in [1.54, 1.807) is 0 Å². The fourth-order valence-electron chi connectivity index (χ4n) is 4.97. The third-order valence-electron chi connectivity index (χ3n) is 6.41. The lowest BCUT2D eigenvalue weighted by molar-refractivity contribution is 0.0731. The molecule has 0 amide bonds. The van der Waals surface area contributed by atoms with Crippen LogP contribution in [-0.2, 0) is 6.54 Å². The molecule has 0 aromatic heterocycles. The van der Waals surface area contributed by atoms with Crippen LogP contribution in [0.5, 0.6) is 0 Å². The fraction of sp³-hybridized carbons (Fsp3) is 0.682. The highest BCUT2D eigenvalue weighted by molar-refractivity contribution is 6.02. The van der Waals surface area contributed by atoms with Crippen LogP contribution in [-0.4, -0.2) is 35.9 Å². The Balaban J connectivity index is 1.47. The molecule has 1 aliphatic heterocycles. The van der Waals surface area contributed by atoms with Crippen molar-refractivity contribution in [2.75, 3.05) is 13.2 Å². The van der Waals surface area contributed by atoms with Gasteiger partial charge in [-0.1, -0.05) is 62.8 Å². The first-order chi connectivity index (χ1) is 12.4. The Kier molecular flexibility index (Phi) is 5.83. The van der Waals surface area contributed by atoms with Crippen LogP contribution < -0.4 is 5.32 Å². The summed E-state index contributed by atoms with van der Waals surface area (Å²) in [6, 6.07) is 10.9. The van der Waals surface area contributed by atoms with E-state index in [1.807, 2.05) is 0 Å². The Labute approximate surface area is 152 Å². The van der Waals surface area contributed by atoms with E-state index in [9.17, 15) is 0 Å². The molecule has 0 bridgehead atoms. The SMILES string of the molecule is c1cc(C2=NCNC2)ccc1CN(C1CCCCC1)C1CCCCC1. The first-order valence-electron chi connectivity index (χ1n) is 10.5. The number of nitrogens with one attached hydrogen (secondary N) is 1. The van der Waals surface area contributed by atoms with E-state index in [-0.39, 0.29) is 0 Å². The molecule has 0 spiro atoms. The number of aliphatic imine (C=N–C) groups is 1. The summed E-state index contributed by atoms with van der Waals surface area (Å²) in [5.74, 6) is 0. The molecule has 0 radical (unpaired) electrons. The van der Waals surface area contributed by atoms with Gasteiger partial charge in [0, 0.05) is 25.2 Å². The summed E-state index contributed by atoms with van der Waals surface area (Å²) in [4.78, 5) is 7.43. The number of hydrogen-bond acceptors (Lipinski definition) is 3. The van der Waals surface area contributed by atoms with Crippen LogP contribution in [0.1, 0.15) is 75.3 Å². The molecule has 2 aliphatic carbocycles. The summed E-state index contributed by atoms with van der Waals surface area (Å²) in [7, 11) is 0. The highest BCUT2D eigenvalue weighted by atomic mass is 15.2. The first kappa shape index (κ1) is 17.2. The third-order valence-corrected chi connectivity index (χ3v) is 6.41. The quantitative estimate of drug-likeness (QED) is 0.855. The van der Waals surface area contributed by atoms with Crippen LogP contribution in [0, 0.1) is 0 Å². The molecule has 3 nitrogen and oxygen atoms in total. The minimum Gasteiger partial charge on any atom is -0.293 e. The Bertz CT molecular complexity index is 547. The molecular weight excluding hydrogens is 306 g/mol. The summed E-state index contributed by atoms with van der Waals surface area (Å²) in [6.07, 6.45) is 14.3. The molecule has 1 aromatic carbocycles. The second-order valence-electron chi connectivity index (χ2n) is 8.14. The molecule has 0 unspecified atom stereocenters. The molecule has 1 N–H and O–H groups in total. The molecule has 0 atom stereocenters. The van der Waals surface area contributed by atoms with Gasteiger partial charge in [-0.3, -0.25) is 15.2 Å². The van der Waals surface area contributed by atoms with Gasteiger partial charge in [-0.05, 0) is 36.8 Å². The Morgan fingerprint density at radius 1 is 0.840 bits per heavy atom. The molecule has 3 heteroatoms. The number of hydrogen-bond donors (Lipinski definition) is 1. The maximum atomic E-state index is 4.54. The smallest absolute Gasteiger partial charge is 0.0891 e. The van der Waals surface area contributed by atoms with Crippen LogP contribution in [0.15, 0.2) is 29.3 Å². The summed E-state index contributed by atoms with van der Waals surface area (Å²) in [6.45, 7) is 2.82. The Hall–Kier alpha value is -1.19. The topological polar surface area (TPSA) is 27.6 Å². The van der Waals surface area contributed by atoms with Crippen molar-refractivity contribution < 1.29 is 0 Å². The van der Waals surface area contributed by atoms with Crippen LogP contribution in [0.4, 0.5) is 0 Å². The van der Waals surface area contributed by atoms with Crippen LogP contribution in [0.25, 0.3) is 0 Å². The summed E-state index contributed by atoms with van der Waals surface area (Å²) < 4.78 is 0. The molecule has 1 aromatic rings. The molecular formula is C22H33N3. The van der Waals surface area contributed by atoms with Crippen molar-refractivity contribution in [3.8, 4) is 0 Å². The highest BCUT2D eigenvalue weighted by Gasteiger charge is 2.28. The van der Waals surface area contributed by atoms with E-state index in [0.29, 0.717) is 0 Å². The molecule has 2 fully saturated rings. The average Bonchev–Trinajstić information content (AvgIpc) is 3.23. The monoisotopic (exact) mass is 339 g/mol. The summed E-state index contributed by atoms with van der Waals surface area (Å²) >= 11 is 0. The van der Waals surface area contributed by atoms with Crippen molar-refractivity contribution in [2.45, 2.75) is 82.8 Å². The zero-order chi connectivity index (χ0) is 16.9. The van der Waals surface area contributed by atoms with Crippen molar-refractivity contribution in [1.82, 2.24) is 10.2 Å². The first-order valence-corrected chi connectivity index (χ1v) is 10.5. The molecule has 1 heterocycles. The zero-order valence-corrected chi connectivity index (χ0v) is 15.6. The molecule has 3 aliphatic rings. The number of benzene rings is 1. The maximum Gasteiger partial charge on any atom is 0.0891 e. The van der Waals surface area contributed by atoms with Crippen LogP contribution in [0.2, 0.25) is 0 Å². The van der Waals surface area contributed by atoms with Crippen molar-refractivity contribution in [3.63, 3.8) is 0 Å². The average molecular weight is 340 g/mol. The zero-order valence-electron chi connectivity index (χ0n) is 15.6. The second kappa shape index (κ2) is 8.46. The normalized spacial score (nSPS) is 23.2. The minimum absolute atomic E-state index is 0.772. The molecule has 0 saturated heterocycles. The lowest BCUT2D eigenvalue weighted by atomic mass is 9.88. The van der Waals surface area contributed by atoms with Gasteiger partial charge >= 0.3 is 0 Å². The lowest BCUT2D eigenvalue weighted by Crippen LogP contribution is -2.44. The maximum absolute atomic E-state index is 4.54. The van der Waals surface area contributed by atoms with Crippen molar-refractivity contribution in [1.29, 1.82) is 0 Å². The molecule has 2 saturated carbocycles. The van der Waals surface area contributed by atoms with Gasteiger partial charge in [0.25, 0.3) is 0 Å². The minimum atomic E-state index is 0.772. The predicted octanol–water partition coefficient (Wildman–Crippen LogP) is 4.50. The van der Waals surface area contributed by atoms with Gasteiger partial charge in [0.2, 0.25) is 0 Å². The number of rotatable bonds is 5. The van der Waals surface area contributed by atoms with Gasteiger partial charge in [-0.15, -0.1) is 0 Å². The van der Waals surface area contributed by atoms with E-state index in [1.165, 1.54) is 81.0 Å². The number of nitrogens with zero attached hydrogens (tertiary/aromatic N) is 2. The highest BCUT2D eigenvalue weighted by Crippen LogP contribution is 2.31. The molecule has 25 heavy (non-hydrogen) atoms. The molecule has 4 rings (SSSR count). The Morgan fingerprint density at radius 3 is 1.96 bits per heavy atom. The van der Waals surface area contributed by atoms with Gasteiger partial charge in [0.1, 0.15) is 0 Å². The van der Waals surface area contributed by atoms with Gasteiger partial charge in [0.15, 0.2) is 0 Å². The molecule has 136 valence electrons. The van der Waals surface area contributed by atoms with E-state index in [0.717, 1.165) is 31.8 Å². The van der Waals surface area contributed by atoms with Crippen LogP contribution >= 0.6 is 0 Å². The van der Waals surface area contributed by atoms with Crippen LogP contribution in [0.3, 0.4) is 0 Å². The summed E-state index contributed by atoms with van der Waals surface area (Å²) in [5, 5.41) is 3.29. The van der Waals surface area contributed by atoms with E-state index >= 15 is 0 Å². The van der Waals surface area contributed by atoms with E-state index in [2.05, 4.69) is 39.5 Å². The van der Waals surface area contributed by atoms with Crippen molar-refractivity contribution in [2.24, 2.45) is 4.99 Å². The van der Waals surface area contributed by atoms with Crippen molar-refractivity contribution >= 4 is 5.71 Å². The van der Waals surface area contributed by atoms with Gasteiger partial charge < -0.3 is 0 Å². The third kappa shape index (κ3) is 4.32. The second-order valence-corrected chi connectivity index (χ2v) is 8.14. The lowest BCUT2D eigenvalue weighted by Gasteiger charge is -2.41. The summed E-state index contributed by atoms with van der Waals surface area (Å²) in [5.41, 5.74) is 3.98. The standard InChI is InChI=1S/C22H33N3/c1-3-7-20(8-4-1)25(21-9-5-2-6-10-21)16-18-11-13-19(14-12-18)22-15-23-17-24-22/h11-14,20-21,23H,1-10,15-17H2. The Morgan fingerprint density at radius 2 is 1.44 bits per heavy atom.